The highest BCUT2D eigenvalue weighted by Crippen LogP contribution is 2.19. The fourth-order valence-corrected chi connectivity index (χ4v) is 2.96. The Labute approximate surface area is 120 Å². The van der Waals surface area contributed by atoms with E-state index in [-0.39, 0.29) is 6.04 Å². The molecule has 0 aliphatic heterocycles. The smallest absolute Gasteiger partial charge is 0.109 e. The van der Waals surface area contributed by atoms with Gasteiger partial charge in [-0.1, -0.05) is 0 Å². The number of aromatic nitrogens is 3. The minimum atomic E-state index is 0.276. The molecule has 2 heterocycles. The molecule has 0 bridgehead atoms. The van der Waals surface area contributed by atoms with Crippen molar-refractivity contribution in [3.8, 4) is 0 Å². The summed E-state index contributed by atoms with van der Waals surface area (Å²) in [6.45, 7) is 7.24. The van der Waals surface area contributed by atoms with Crippen molar-refractivity contribution in [3.63, 3.8) is 0 Å². The Bertz CT molecular complexity index is 508. The molecule has 2 aromatic rings. The predicted octanol–water partition coefficient (Wildman–Crippen LogP) is 3.15. The molecular weight excluding hydrogens is 312 g/mol. The maximum absolute atomic E-state index is 4.41. The van der Waals surface area contributed by atoms with Crippen molar-refractivity contribution in [2.24, 2.45) is 0 Å². The lowest BCUT2D eigenvalue weighted by Gasteiger charge is -2.18. The van der Waals surface area contributed by atoms with Crippen LogP contribution in [0, 0.1) is 6.92 Å². The molecule has 98 valence electrons. The second kappa shape index (κ2) is 5.95. The van der Waals surface area contributed by atoms with Crippen LogP contribution in [0.1, 0.15) is 29.8 Å². The van der Waals surface area contributed by atoms with Crippen molar-refractivity contribution >= 4 is 27.3 Å². The highest BCUT2D eigenvalue weighted by atomic mass is 79.9. The van der Waals surface area contributed by atoms with E-state index < -0.39 is 0 Å². The molecule has 6 heteroatoms. The molecule has 2 aromatic heterocycles. The van der Waals surface area contributed by atoms with Crippen LogP contribution >= 0.6 is 27.3 Å². The Morgan fingerprint density at radius 2 is 2.22 bits per heavy atom. The summed E-state index contributed by atoms with van der Waals surface area (Å²) in [7, 11) is 0. The van der Waals surface area contributed by atoms with Crippen molar-refractivity contribution in [2.45, 2.75) is 39.4 Å². The van der Waals surface area contributed by atoms with Crippen LogP contribution in [0.5, 0.6) is 0 Å². The summed E-state index contributed by atoms with van der Waals surface area (Å²) in [5, 5.41) is 8.94. The van der Waals surface area contributed by atoms with Crippen LogP contribution in [0.4, 0.5) is 0 Å². The Morgan fingerprint density at radius 3 is 2.78 bits per heavy atom. The number of nitrogens with one attached hydrogen (secondary N) is 1. The van der Waals surface area contributed by atoms with E-state index in [4.69, 9.17) is 0 Å². The molecule has 0 radical (unpaired) electrons. The first-order chi connectivity index (χ1) is 8.54. The van der Waals surface area contributed by atoms with Gasteiger partial charge in [0.15, 0.2) is 0 Å². The summed E-state index contributed by atoms with van der Waals surface area (Å²) in [5.74, 6) is 0. The monoisotopic (exact) mass is 328 g/mol. The van der Waals surface area contributed by atoms with Gasteiger partial charge in [-0.2, -0.15) is 5.10 Å². The molecule has 1 N–H and O–H groups in total. The molecule has 0 unspecified atom stereocenters. The molecule has 0 amide bonds. The van der Waals surface area contributed by atoms with Crippen molar-refractivity contribution in [1.82, 2.24) is 20.1 Å². The number of aryl methyl sites for hydroxylation is 1. The first kappa shape index (κ1) is 13.7. The first-order valence-corrected chi connectivity index (χ1v) is 7.52. The van der Waals surface area contributed by atoms with Gasteiger partial charge in [-0.05, 0) is 36.7 Å². The lowest BCUT2D eigenvalue weighted by molar-refractivity contribution is 0.412. The van der Waals surface area contributed by atoms with E-state index in [2.05, 4.69) is 52.1 Å². The highest BCUT2D eigenvalue weighted by Gasteiger charge is 2.13. The number of rotatable bonds is 5. The fourth-order valence-electron chi connectivity index (χ4n) is 1.84. The van der Waals surface area contributed by atoms with Crippen LogP contribution in [0.15, 0.2) is 23.1 Å². The number of halogens is 1. The van der Waals surface area contributed by atoms with Gasteiger partial charge in [0.2, 0.25) is 0 Å². The van der Waals surface area contributed by atoms with Crippen molar-refractivity contribution in [1.29, 1.82) is 0 Å². The van der Waals surface area contributed by atoms with Crippen LogP contribution in [0.25, 0.3) is 0 Å². The maximum Gasteiger partial charge on any atom is 0.109 e. The van der Waals surface area contributed by atoms with Gasteiger partial charge < -0.3 is 5.32 Å². The van der Waals surface area contributed by atoms with Crippen LogP contribution < -0.4 is 5.32 Å². The van der Waals surface area contributed by atoms with E-state index in [0.29, 0.717) is 6.04 Å². The minimum Gasteiger partial charge on any atom is -0.304 e. The quantitative estimate of drug-likeness (QED) is 0.916. The molecule has 0 spiro atoms. The first-order valence-electron chi connectivity index (χ1n) is 5.91. The minimum absolute atomic E-state index is 0.276. The van der Waals surface area contributed by atoms with Crippen LogP contribution in [0.3, 0.4) is 0 Å². The Hall–Kier alpha value is -0.720. The second-order valence-electron chi connectivity index (χ2n) is 4.48. The SMILES string of the molecule is Cc1cnc([C@@H](C)N[C@H](C)Cn2cc(Br)cn2)s1. The van der Waals surface area contributed by atoms with Crippen molar-refractivity contribution in [2.75, 3.05) is 0 Å². The zero-order chi connectivity index (χ0) is 13.1. The fraction of sp³-hybridized carbons (Fsp3) is 0.500. The predicted molar refractivity (Wildman–Crippen MR) is 77.8 cm³/mol. The number of thiazole rings is 1. The van der Waals surface area contributed by atoms with Gasteiger partial charge in [-0.15, -0.1) is 11.3 Å². The van der Waals surface area contributed by atoms with Crippen LogP contribution in [0.2, 0.25) is 0 Å². The van der Waals surface area contributed by atoms with E-state index in [0.717, 1.165) is 16.0 Å². The number of hydrogen-bond donors (Lipinski definition) is 1. The van der Waals surface area contributed by atoms with Crippen LogP contribution in [-0.4, -0.2) is 20.8 Å². The molecular formula is C12H17BrN4S. The van der Waals surface area contributed by atoms with Gasteiger partial charge in [-0.25, -0.2) is 4.98 Å². The Balaban J connectivity index is 1.89. The van der Waals surface area contributed by atoms with Gasteiger partial charge in [0.1, 0.15) is 5.01 Å². The molecule has 4 nitrogen and oxygen atoms in total. The normalized spacial score (nSPS) is 14.7. The maximum atomic E-state index is 4.41. The second-order valence-corrected chi connectivity index (χ2v) is 6.66. The third-order valence-electron chi connectivity index (χ3n) is 2.61. The molecule has 0 saturated carbocycles. The standard InChI is InChI=1S/C12H17BrN4S/c1-8(6-17-7-11(13)5-15-17)16-10(3)12-14-4-9(2)18-12/h4-5,7-8,10,16H,6H2,1-3H3/t8-,10-/m1/s1. The zero-order valence-corrected chi connectivity index (χ0v) is 13.1. The molecule has 2 atom stereocenters. The Kier molecular flexibility index (Phi) is 4.53. The van der Waals surface area contributed by atoms with Crippen LogP contribution in [-0.2, 0) is 6.54 Å². The summed E-state index contributed by atoms with van der Waals surface area (Å²) >= 11 is 5.15. The molecule has 0 aliphatic rings. The summed E-state index contributed by atoms with van der Waals surface area (Å²) in [6, 6.07) is 0.619. The average molecular weight is 329 g/mol. The number of nitrogens with zero attached hydrogens (tertiary/aromatic N) is 3. The van der Waals surface area contributed by atoms with E-state index in [1.54, 1.807) is 17.5 Å². The molecule has 0 aliphatic carbocycles. The Morgan fingerprint density at radius 1 is 1.44 bits per heavy atom. The van der Waals surface area contributed by atoms with E-state index in [9.17, 15) is 0 Å². The molecule has 18 heavy (non-hydrogen) atoms. The molecule has 2 rings (SSSR count). The van der Waals surface area contributed by atoms with Gasteiger partial charge in [-0.3, -0.25) is 4.68 Å². The van der Waals surface area contributed by atoms with Crippen molar-refractivity contribution in [3.05, 3.63) is 32.9 Å². The van der Waals surface area contributed by atoms with Gasteiger partial charge >= 0.3 is 0 Å². The third kappa shape index (κ3) is 3.63. The lowest BCUT2D eigenvalue weighted by atomic mass is 10.2. The average Bonchev–Trinajstić information content (AvgIpc) is 2.87. The zero-order valence-electron chi connectivity index (χ0n) is 10.7. The molecule has 0 fully saturated rings. The third-order valence-corrected chi connectivity index (χ3v) is 4.11. The van der Waals surface area contributed by atoms with E-state index in [1.165, 1.54) is 4.88 Å². The summed E-state index contributed by atoms with van der Waals surface area (Å²) in [5.41, 5.74) is 0. The number of hydrogen-bond acceptors (Lipinski definition) is 4. The lowest BCUT2D eigenvalue weighted by Crippen LogP contribution is -2.32. The summed E-state index contributed by atoms with van der Waals surface area (Å²) < 4.78 is 2.94. The van der Waals surface area contributed by atoms with E-state index >= 15 is 0 Å². The van der Waals surface area contributed by atoms with Crippen molar-refractivity contribution < 1.29 is 0 Å². The van der Waals surface area contributed by atoms with Gasteiger partial charge in [0.05, 0.1) is 23.3 Å². The largest absolute Gasteiger partial charge is 0.304 e. The van der Waals surface area contributed by atoms with Gasteiger partial charge in [0, 0.05) is 23.3 Å². The van der Waals surface area contributed by atoms with Gasteiger partial charge in [0.25, 0.3) is 0 Å². The topological polar surface area (TPSA) is 42.7 Å². The summed E-state index contributed by atoms with van der Waals surface area (Å²) in [6.07, 6.45) is 5.71. The highest BCUT2D eigenvalue weighted by molar-refractivity contribution is 9.10. The molecule has 0 aromatic carbocycles. The summed E-state index contributed by atoms with van der Waals surface area (Å²) in [4.78, 5) is 5.66. The van der Waals surface area contributed by atoms with E-state index in [1.807, 2.05) is 17.1 Å². The molecule has 0 saturated heterocycles.